The van der Waals surface area contributed by atoms with Crippen molar-refractivity contribution in [2.24, 2.45) is 0 Å². The number of nitrogens with zero attached hydrogens (tertiary/aromatic N) is 3. The van der Waals surface area contributed by atoms with Crippen molar-refractivity contribution in [1.29, 1.82) is 0 Å². The molecule has 1 N–H and O–H groups in total. The number of nitrogens with one attached hydrogen (secondary N) is 1. The van der Waals surface area contributed by atoms with E-state index in [4.69, 9.17) is 0 Å². The molecule has 0 fully saturated rings. The predicted octanol–water partition coefficient (Wildman–Crippen LogP) is 2.55. The summed E-state index contributed by atoms with van der Waals surface area (Å²) in [5.74, 6) is 0. The first kappa shape index (κ1) is 13.3. The number of fused-ring (bicyclic) bond motifs is 1. The van der Waals surface area contributed by atoms with Crippen LogP contribution in [-0.4, -0.2) is 27.5 Å². The van der Waals surface area contributed by atoms with E-state index in [1.807, 2.05) is 19.4 Å². The summed E-state index contributed by atoms with van der Waals surface area (Å²) >= 11 is 1.68. The Kier molecular flexibility index (Phi) is 4.08. The van der Waals surface area contributed by atoms with Crippen molar-refractivity contribution in [2.75, 3.05) is 7.05 Å². The van der Waals surface area contributed by atoms with Crippen molar-refractivity contribution >= 4 is 16.3 Å². The molecule has 0 aromatic carbocycles. The number of hydrogen-bond donors (Lipinski definition) is 1. The highest BCUT2D eigenvalue weighted by molar-refractivity contribution is 7.15. The topological polar surface area (TPSA) is 42.2 Å². The van der Waals surface area contributed by atoms with E-state index in [9.17, 15) is 0 Å². The molecule has 3 aromatic rings. The van der Waals surface area contributed by atoms with Gasteiger partial charge in [0.2, 0.25) is 0 Å². The molecule has 0 saturated carbocycles. The van der Waals surface area contributed by atoms with Crippen LogP contribution < -0.4 is 5.32 Å². The molecule has 5 heteroatoms. The molecule has 3 rings (SSSR count). The average Bonchev–Trinajstić information content (AvgIpc) is 3.05. The Morgan fingerprint density at radius 1 is 1.35 bits per heavy atom. The molecule has 4 nitrogen and oxygen atoms in total. The molecule has 0 aliphatic heterocycles. The van der Waals surface area contributed by atoms with E-state index in [0.717, 1.165) is 29.9 Å². The van der Waals surface area contributed by atoms with Crippen LogP contribution in [0.25, 0.3) is 4.96 Å². The number of likely N-dealkylation sites (N-methyl/N-ethyl adjacent to an activating group) is 1. The Morgan fingerprint density at radius 3 is 2.95 bits per heavy atom. The molecule has 1 unspecified atom stereocenters. The molecule has 0 radical (unpaired) electrons. The zero-order chi connectivity index (χ0) is 13.8. The third-order valence-corrected chi connectivity index (χ3v) is 4.31. The van der Waals surface area contributed by atoms with E-state index in [2.05, 4.69) is 49.6 Å². The minimum atomic E-state index is 0.452. The first-order valence-electron chi connectivity index (χ1n) is 6.82. The Labute approximate surface area is 122 Å². The van der Waals surface area contributed by atoms with Crippen LogP contribution in [0, 0.1) is 0 Å². The molecule has 3 aromatic heterocycles. The Bertz CT molecular complexity index is 630. The summed E-state index contributed by atoms with van der Waals surface area (Å²) in [6.45, 7) is 0. The van der Waals surface area contributed by atoms with Crippen LogP contribution in [0.2, 0.25) is 0 Å². The van der Waals surface area contributed by atoms with Gasteiger partial charge < -0.3 is 5.32 Å². The molecule has 0 spiro atoms. The summed E-state index contributed by atoms with van der Waals surface area (Å²) < 4.78 is 2.09. The third-order valence-electron chi connectivity index (χ3n) is 3.54. The second-order valence-corrected chi connectivity index (χ2v) is 5.78. The lowest BCUT2D eigenvalue weighted by molar-refractivity contribution is 0.516. The number of pyridine rings is 1. The fourth-order valence-corrected chi connectivity index (χ4v) is 3.08. The largest absolute Gasteiger partial charge is 0.317 e. The normalized spacial score (nSPS) is 12.8. The van der Waals surface area contributed by atoms with Gasteiger partial charge in [-0.05, 0) is 37.6 Å². The molecular weight excluding hydrogens is 268 g/mol. The molecule has 104 valence electrons. The highest BCUT2D eigenvalue weighted by Gasteiger charge is 2.11. The molecule has 0 saturated heterocycles. The maximum absolute atomic E-state index is 4.65. The maximum atomic E-state index is 4.65. The Hall–Kier alpha value is -1.72. The number of rotatable bonds is 6. The molecule has 0 aliphatic carbocycles. The van der Waals surface area contributed by atoms with Crippen molar-refractivity contribution in [1.82, 2.24) is 19.7 Å². The third kappa shape index (κ3) is 3.05. The molecule has 0 amide bonds. The first-order chi connectivity index (χ1) is 9.85. The molecule has 0 bridgehead atoms. The zero-order valence-electron chi connectivity index (χ0n) is 11.5. The minimum absolute atomic E-state index is 0.452. The summed E-state index contributed by atoms with van der Waals surface area (Å²) in [5, 5.41) is 5.46. The SMILES string of the molecule is CNC(CCc1ccncc1)Cc1cn2ccsc2n1. The van der Waals surface area contributed by atoms with Gasteiger partial charge in [-0.15, -0.1) is 11.3 Å². The molecule has 20 heavy (non-hydrogen) atoms. The van der Waals surface area contributed by atoms with Gasteiger partial charge in [-0.2, -0.15) is 0 Å². The van der Waals surface area contributed by atoms with E-state index >= 15 is 0 Å². The first-order valence-corrected chi connectivity index (χ1v) is 7.70. The van der Waals surface area contributed by atoms with Gasteiger partial charge in [0, 0.05) is 42.6 Å². The van der Waals surface area contributed by atoms with Crippen LogP contribution in [0.1, 0.15) is 17.7 Å². The van der Waals surface area contributed by atoms with Crippen molar-refractivity contribution in [3.63, 3.8) is 0 Å². The monoisotopic (exact) mass is 286 g/mol. The van der Waals surface area contributed by atoms with Crippen molar-refractivity contribution in [3.05, 3.63) is 53.6 Å². The van der Waals surface area contributed by atoms with Gasteiger partial charge in [-0.1, -0.05) is 0 Å². The van der Waals surface area contributed by atoms with Crippen molar-refractivity contribution < 1.29 is 0 Å². The second kappa shape index (κ2) is 6.15. The number of aryl methyl sites for hydroxylation is 1. The lowest BCUT2D eigenvalue weighted by Gasteiger charge is -2.14. The van der Waals surface area contributed by atoms with Gasteiger partial charge in [0.15, 0.2) is 4.96 Å². The smallest absolute Gasteiger partial charge is 0.193 e. The zero-order valence-corrected chi connectivity index (χ0v) is 12.3. The molecule has 3 heterocycles. The van der Waals surface area contributed by atoms with Crippen LogP contribution >= 0.6 is 11.3 Å². The van der Waals surface area contributed by atoms with E-state index in [1.165, 1.54) is 5.56 Å². The van der Waals surface area contributed by atoms with Crippen LogP contribution in [0.4, 0.5) is 0 Å². The summed E-state index contributed by atoms with van der Waals surface area (Å²) in [5.41, 5.74) is 2.50. The van der Waals surface area contributed by atoms with E-state index < -0.39 is 0 Å². The predicted molar refractivity (Wildman–Crippen MR) is 82.2 cm³/mol. The fourth-order valence-electron chi connectivity index (χ4n) is 2.37. The Balaban J connectivity index is 1.60. The Morgan fingerprint density at radius 2 is 2.20 bits per heavy atom. The van der Waals surface area contributed by atoms with Crippen LogP contribution in [0.15, 0.2) is 42.3 Å². The fraction of sp³-hybridized carbons (Fsp3) is 0.333. The summed E-state index contributed by atoms with van der Waals surface area (Å²) in [7, 11) is 2.02. The lowest BCUT2D eigenvalue weighted by atomic mass is 10.0. The van der Waals surface area contributed by atoms with Crippen molar-refractivity contribution in [3.8, 4) is 0 Å². The summed E-state index contributed by atoms with van der Waals surface area (Å²) in [4.78, 5) is 9.77. The van der Waals surface area contributed by atoms with Gasteiger partial charge in [-0.25, -0.2) is 4.98 Å². The van der Waals surface area contributed by atoms with E-state index in [0.29, 0.717) is 6.04 Å². The number of thiazole rings is 1. The molecule has 1 atom stereocenters. The second-order valence-electron chi connectivity index (χ2n) is 4.91. The summed E-state index contributed by atoms with van der Waals surface area (Å²) in [6.07, 6.45) is 11.0. The maximum Gasteiger partial charge on any atom is 0.193 e. The van der Waals surface area contributed by atoms with Crippen LogP contribution in [0.5, 0.6) is 0 Å². The number of imidazole rings is 1. The van der Waals surface area contributed by atoms with Crippen molar-refractivity contribution in [2.45, 2.75) is 25.3 Å². The van der Waals surface area contributed by atoms with Gasteiger partial charge in [-0.3, -0.25) is 9.38 Å². The number of aromatic nitrogens is 3. The van der Waals surface area contributed by atoms with Crippen LogP contribution in [0.3, 0.4) is 0 Å². The van der Waals surface area contributed by atoms with Crippen LogP contribution in [-0.2, 0) is 12.8 Å². The van der Waals surface area contributed by atoms with Gasteiger partial charge in [0.1, 0.15) is 0 Å². The van der Waals surface area contributed by atoms with Gasteiger partial charge in [0.25, 0.3) is 0 Å². The van der Waals surface area contributed by atoms with E-state index in [1.54, 1.807) is 11.3 Å². The minimum Gasteiger partial charge on any atom is -0.317 e. The van der Waals surface area contributed by atoms with Gasteiger partial charge >= 0.3 is 0 Å². The standard InChI is InChI=1S/C15H18N4S/c1-16-13(3-2-12-4-6-17-7-5-12)10-14-11-19-8-9-20-15(19)18-14/h4-9,11,13,16H,2-3,10H2,1H3. The lowest BCUT2D eigenvalue weighted by Crippen LogP contribution is -2.28. The molecule has 0 aliphatic rings. The quantitative estimate of drug-likeness (QED) is 0.757. The summed E-state index contributed by atoms with van der Waals surface area (Å²) in [6, 6.07) is 4.62. The van der Waals surface area contributed by atoms with Gasteiger partial charge in [0.05, 0.1) is 5.69 Å². The highest BCUT2D eigenvalue weighted by Crippen LogP contribution is 2.14. The highest BCUT2D eigenvalue weighted by atomic mass is 32.1. The molecular formula is C15H18N4S. The average molecular weight is 286 g/mol. The van der Waals surface area contributed by atoms with E-state index in [-0.39, 0.29) is 0 Å². The number of hydrogen-bond acceptors (Lipinski definition) is 4.